The van der Waals surface area contributed by atoms with Crippen molar-refractivity contribution < 1.29 is 0 Å². The minimum absolute atomic E-state index is 0.825. The molecule has 0 bridgehead atoms. The maximum atomic E-state index is 3.50. The average Bonchev–Trinajstić information content (AvgIpc) is 3.00. The highest BCUT2D eigenvalue weighted by atomic mass is 14.9. The molecule has 1 heteroatoms. The quantitative estimate of drug-likeness (QED) is 0.776. The number of hydrogen-bond acceptors (Lipinski definition) is 1. The summed E-state index contributed by atoms with van der Waals surface area (Å²) in [6.07, 6.45) is 13.8. The summed E-state index contributed by atoms with van der Waals surface area (Å²) < 4.78 is 0. The molecule has 1 N–H and O–H groups in total. The van der Waals surface area contributed by atoms with Crippen molar-refractivity contribution >= 4 is 0 Å². The van der Waals surface area contributed by atoms with Crippen molar-refractivity contribution in [3.63, 3.8) is 0 Å². The van der Waals surface area contributed by atoms with Crippen LogP contribution in [0.5, 0.6) is 0 Å². The smallest absolute Gasteiger partial charge is 0.00178 e. The molecule has 1 aliphatic heterocycles. The van der Waals surface area contributed by atoms with Crippen molar-refractivity contribution in [1.82, 2.24) is 5.32 Å². The molecule has 2 aliphatic carbocycles. The van der Waals surface area contributed by atoms with E-state index < -0.39 is 0 Å². The van der Waals surface area contributed by atoms with Crippen LogP contribution in [-0.2, 0) is 0 Å². The molecule has 0 aromatic rings. The zero-order chi connectivity index (χ0) is 11.7. The summed E-state index contributed by atoms with van der Waals surface area (Å²) in [4.78, 5) is 0. The Hall–Kier alpha value is -0.820. The fourth-order valence-corrected chi connectivity index (χ4v) is 3.40. The monoisotopic (exact) mass is 229 g/mol. The lowest BCUT2D eigenvalue weighted by molar-refractivity contribution is 0.529. The van der Waals surface area contributed by atoms with Gasteiger partial charge in [0.25, 0.3) is 0 Å². The van der Waals surface area contributed by atoms with Gasteiger partial charge in [-0.1, -0.05) is 37.1 Å². The van der Waals surface area contributed by atoms with Crippen molar-refractivity contribution in [2.24, 2.45) is 11.8 Å². The molecule has 0 saturated carbocycles. The third kappa shape index (κ3) is 2.26. The van der Waals surface area contributed by atoms with E-state index in [0.29, 0.717) is 0 Å². The Labute approximate surface area is 105 Å². The predicted molar refractivity (Wildman–Crippen MR) is 72.9 cm³/mol. The molecule has 1 heterocycles. The summed E-state index contributed by atoms with van der Waals surface area (Å²) in [5, 5.41) is 3.50. The lowest BCUT2D eigenvalue weighted by Crippen LogP contribution is -2.09. The van der Waals surface area contributed by atoms with Crippen LogP contribution in [0.3, 0.4) is 0 Å². The van der Waals surface area contributed by atoms with Crippen molar-refractivity contribution in [1.29, 1.82) is 0 Å². The van der Waals surface area contributed by atoms with Crippen LogP contribution in [0, 0.1) is 11.8 Å². The Morgan fingerprint density at radius 3 is 3.00 bits per heavy atom. The molecule has 0 amide bonds. The van der Waals surface area contributed by atoms with Gasteiger partial charge < -0.3 is 5.32 Å². The van der Waals surface area contributed by atoms with E-state index in [1.165, 1.54) is 45.2 Å². The summed E-state index contributed by atoms with van der Waals surface area (Å²) >= 11 is 0. The van der Waals surface area contributed by atoms with Crippen molar-refractivity contribution in [3.8, 4) is 0 Å². The zero-order valence-electron chi connectivity index (χ0n) is 10.8. The third-order valence-electron chi connectivity index (χ3n) is 4.49. The summed E-state index contributed by atoms with van der Waals surface area (Å²) in [6.45, 7) is 4.71. The Bertz CT molecular complexity index is 386. The summed E-state index contributed by atoms with van der Waals surface area (Å²) in [5.41, 5.74) is 4.92. The first-order chi connectivity index (χ1) is 8.36. The molecule has 3 rings (SSSR count). The molecular formula is C16H23N. The molecule has 1 fully saturated rings. The minimum atomic E-state index is 0.825. The zero-order valence-corrected chi connectivity index (χ0v) is 10.8. The van der Waals surface area contributed by atoms with E-state index in [1.54, 1.807) is 16.7 Å². The molecule has 17 heavy (non-hydrogen) atoms. The number of rotatable bonds is 4. The second-order valence-corrected chi connectivity index (χ2v) is 5.78. The fourth-order valence-electron chi connectivity index (χ4n) is 3.40. The number of nitrogens with one attached hydrogen (secondary N) is 1. The Morgan fingerprint density at radius 2 is 2.18 bits per heavy atom. The number of unbranched alkanes of at least 4 members (excludes halogenated alkanes) is 1. The highest BCUT2D eigenvalue weighted by Crippen LogP contribution is 2.40. The Morgan fingerprint density at radius 1 is 1.24 bits per heavy atom. The van der Waals surface area contributed by atoms with Gasteiger partial charge in [0.15, 0.2) is 0 Å². The lowest BCUT2D eigenvalue weighted by atomic mass is 9.96. The van der Waals surface area contributed by atoms with Crippen LogP contribution in [0.15, 0.2) is 34.9 Å². The van der Waals surface area contributed by atoms with Crippen LogP contribution in [0.1, 0.15) is 39.0 Å². The largest absolute Gasteiger partial charge is 0.316 e. The van der Waals surface area contributed by atoms with Crippen LogP contribution in [-0.4, -0.2) is 13.1 Å². The van der Waals surface area contributed by atoms with Gasteiger partial charge in [-0.15, -0.1) is 0 Å². The lowest BCUT2D eigenvalue weighted by Gasteiger charge is -2.08. The molecule has 2 unspecified atom stereocenters. The molecular weight excluding hydrogens is 206 g/mol. The predicted octanol–water partition coefficient (Wildman–Crippen LogP) is 3.60. The van der Waals surface area contributed by atoms with Gasteiger partial charge in [0, 0.05) is 6.54 Å². The Balaban J connectivity index is 1.58. The van der Waals surface area contributed by atoms with Crippen molar-refractivity contribution in [3.05, 3.63) is 34.9 Å². The van der Waals surface area contributed by atoms with Gasteiger partial charge in [-0.25, -0.2) is 0 Å². The van der Waals surface area contributed by atoms with E-state index in [1.807, 2.05) is 0 Å². The molecule has 1 nitrogen and oxygen atoms in total. The van der Waals surface area contributed by atoms with Crippen LogP contribution in [0.2, 0.25) is 0 Å². The van der Waals surface area contributed by atoms with Gasteiger partial charge in [-0.2, -0.15) is 0 Å². The molecule has 1 saturated heterocycles. The summed E-state index contributed by atoms with van der Waals surface area (Å²) in [6, 6.07) is 0. The third-order valence-corrected chi connectivity index (χ3v) is 4.49. The van der Waals surface area contributed by atoms with Crippen LogP contribution in [0.4, 0.5) is 0 Å². The second-order valence-electron chi connectivity index (χ2n) is 5.78. The van der Waals surface area contributed by atoms with Crippen LogP contribution in [0.25, 0.3) is 0 Å². The second kappa shape index (κ2) is 4.81. The van der Waals surface area contributed by atoms with Crippen LogP contribution >= 0.6 is 0 Å². The Kier molecular flexibility index (Phi) is 3.19. The highest BCUT2D eigenvalue weighted by Gasteiger charge is 2.32. The van der Waals surface area contributed by atoms with Gasteiger partial charge in [-0.05, 0) is 55.2 Å². The van der Waals surface area contributed by atoms with Crippen LogP contribution < -0.4 is 5.32 Å². The SMILES string of the molecule is CCCCC1=CC=C(C2=CC3CNCC3C2)C1. The molecule has 92 valence electrons. The normalized spacial score (nSPS) is 31.2. The summed E-state index contributed by atoms with van der Waals surface area (Å²) in [5.74, 6) is 1.72. The van der Waals surface area contributed by atoms with E-state index >= 15 is 0 Å². The molecule has 2 atom stereocenters. The first-order valence-electron chi connectivity index (χ1n) is 7.17. The van der Waals surface area contributed by atoms with Crippen molar-refractivity contribution in [2.45, 2.75) is 39.0 Å². The molecule has 0 radical (unpaired) electrons. The van der Waals surface area contributed by atoms with Gasteiger partial charge in [-0.3, -0.25) is 0 Å². The number of fused-ring (bicyclic) bond motifs is 1. The van der Waals surface area contributed by atoms with Gasteiger partial charge in [0.05, 0.1) is 0 Å². The first-order valence-corrected chi connectivity index (χ1v) is 7.17. The van der Waals surface area contributed by atoms with Gasteiger partial charge >= 0.3 is 0 Å². The maximum Gasteiger partial charge on any atom is 0.00178 e. The number of hydrogen-bond donors (Lipinski definition) is 1. The molecule has 0 aromatic heterocycles. The van der Waals surface area contributed by atoms with Gasteiger partial charge in [0.2, 0.25) is 0 Å². The van der Waals surface area contributed by atoms with E-state index in [2.05, 4.69) is 30.5 Å². The molecule has 0 aromatic carbocycles. The fraction of sp³-hybridized carbons (Fsp3) is 0.625. The van der Waals surface area contributed by atoms with E-state index in [0.717, 1.165) is 11.8 Å². The van der Waals surface area contributed by atoms with E-state index in [9.17, 15) is 0 Å². The van der Waals surface area contributed by atoms with Gasteiger partial charge in [0.1, 0.15) is 0 Å². The number of allylic oxidation sites excluding steroid dienone is 5. The molecule has 0 spiro atoms. The van der Waals surface area contributed by atoms with Crippen molar-refractivity contribution in [2.75, 3.05) is 13.1 Å². The standard InChI is InChI=1S/C16H23N/c1-2-3-4-12-5-6-13(7-12)14-8-15-10-17-11-16(15)9-14/h5-6,8,15-17H,2-4,7,9-11H2,1H3. The van der Waals surface area contributed by atoms with E-state index in [-0.39, 0.29) is 0 Å². The minimum Gasteiger partial charge on any atom is -0.316 e. The average molecular weight is 229 g/mol. The van der Waals surface area contributed by atoms with E-state index in [4.69, 9.17) is 0 Å². The maximum absolute atomic E-state index is 3.50. The topological polar surface area (TPSA) is 12.0 Å². The first kappa shape index (κ1) is 11.3. The summed E-state index contributed by atoms with van der Waals surface area (Å²) in [7, 11) is 0. The highest BCUT2D eigenvalue weighted by molar-refractivity contribution is 5.45. The molecule has 3 aliphatic rings.